The highest BCUT2D eigenvalue weighted by molar-refractivity contribution is 5.65. The van der Waals surface area contributed by atoms with Crippen molar-refractivity contribution in [3.05, 3.63) is 53.6 Å². The zero-order chi connectivity index (χ0) is 16.8. The molecule has 0 saturated carbocycles. The molecule has 1 aliphatic carbocycles. The van der Waals surface area contributed by atoms with E-state index in [4.69, 9.17) is 4.74 Å². The third kappa shape index (κ3) is 4.20. The number of fused-ring (bicyclic) bond motifs is 1. The van der Waals surface area contributed by atoms with Gasteiger partial charge in [-0.1, -0.05) is 63.4 Å². The van der Waals surface area contributed by atoms with Crippen LogP contribution in [0.1, 0.15) is 57.1 Å². The minimum absolute atomic E-state index is 0.824. The Hall–Kier alpha value is -1.76. The second-order valence-electron chi connectivity index (χ2n) is 7.08. The van der Waals surface area contributed by atoms with Gasteiger partial charge in [-0.2, -0.15) is 0 Å². The molecule has 1 atom stereocenters. The van der Waals surface area contributed by atoms with Gasteiger partial charge in [0.05, 0.1) is 6.61 Å². The van der Waals surface area contributed by atoms with E-state index in [1.54, 1.807) is 11.1 Å². The Morgan fingerprint density at radius 2 is 1.71 bits per heavy atom. The monoisotopic (exact) mass is 322 g/mol. The van der Waals surface area contributed by atoms with Crippen LogP contribution in [0.15, 0.2) is 42.5 Å². The average Bonchev–Trinajstić information content (AvgIpc) is 2.65. The third-order valence-electron chi connectivity index (χ3n) is 5.32. The number of rotatable bonds is 7. The Bertz CT molecular complexity index is 642. The molecule has 3 rings (SSSR count). The van der Waals surface area contributed by atoms with E-state index in [1.807, 2.05) is 0 Å². The quantitative estimate of drug-likeness (QED) is 0.533. The first kappa shape index (κ1) is 17.1. The molecule has 2 aromatic carbocycles. The van der Waals surface area contributed by atoms with E-state index in [0.29, 0.717) is 0 Å². The van der Waals surface area contributed by atoms with E-state index in [0.717, 1.165) is 24.7 Å². The van der Waals surface area contributed by atoms with Gasteiger partial charge in [0.2, 0.25) is 0 Å². The van der Waals surface area contributed by atoms with Gasteiger partial charge in [-0.05, 0) is 66.0 Å². The van der Waals surface area contributed by atoms with Gasteiger partial charge >= 0.3 is 0 Å². The molecule has 0 aromatic heterocycles. The molecule has 0 aliphatic heterocycles. The van der Waals surface area contributed by atoms with Crippen LogP contribution < -0.4 is 4.74 Å². The normalized spacial score (nSPS) is 16.7. The molecule has 24 heavy (non-hydrogen) atoms. The molecule has 0 fully saturated rings. The molecule has 0 saturated heterocycles. The Morgan fingerprint density at radius 3 is 2.46 bits per heavy atom. The van der Waals surface area contributed by atoms with Crippen LogP contribution in [-0.4, -0.2) is 6.61 Å². The maximum atomic E-state index is 5.81. The lowest BCUT2D eigenvalue weighted by atomic mass is 9.81. The second-order valence-corrected chi connectivity index (χ2v) is 7.08. The van der Waals surface area contributed by atoms with Crippen molar-refractivity contribution in [3.63, 3.8) is 0 Å². The topological polar surface area (TPSA) is 9.23 Å². The highest BCUT2D eigenvalue weighted by Crippen LogP contribution is 2.31. The minimum atomic E-state index is 0.824. The van der Waals surface area contributed by atoms with Crippen LogP contribution in [-0.2, 0) is 12.8 Å². The molecule has 1 nitrogen and oxygen atoms in total. The van der Waals surface area contributed by atoms with Crippen molar-refractivity contribution in [2.75, 3.05) is 6.61 Å². The first-order valence-electron chi connectivity index (χ1n) is 9.65. The number of unbranched alkanes of at least 4 members (excludes halogenated alkanes) is 2. The van der Waals surface area contributed by atoms with Crippen LogP contribution in [0, 0.1) is 5.92 Å². The standard InChI is InChI=1S/C23H30O/c1-3-5-6-15-24-23-13-11-19(12-14-23)21-10-9-20-16-18(4-2)7-8-22(20)17-21/h9-14,17-18H,3-8,15-16H2,1-2H3. The van der Waals surface area contributed by atoms with Gasteiger partial charge < -0.3 is 4.74 Å². The molecule has 1 heteroatoms. The Morgan fingerprint density at radius 1 is 0.917 bits per heavy atom. The molecule has 0 bridgehead atoms. The summed E-state index contributed by atoms with van der Waals surface area (Å²) < 4.78 is 5.81. The molecule has 1 unspecified atom stereocenters. The highest BCUT2D eigenvalue weighted by Gasteiger charge is 2.17. The molecular weight excluding hydrogens is 292 g/mol. The van der Waals surface area contributed by atoms with Crippen LogP contribution in [0.25, 0.3) is 11.1 Å². The van der Waals surface area contributed by atoms with Crippen molar-refractivity contribution in [2.45, 2.75) is 58.8 Å². The summed E-state index contributed by atoms with van der Waals surface area (Å²) in [5.74, 6) is 1.87. The minimum Gasteiger partial charge on any atom is -0.494 e. The SMILES string of the molecule is CCCCCOc1ccc(-c2ccc3c(c2)CCC(CC)C3)cc1. The lowest BCUT2D eigenvalue weighted by Gasteiger charge is -2.24. The number of hydrogen-bond acceptors (Lipinski definition) is 1. The maximum absolute atomic E-state index is 5.81. The predicted octanol–water partition coefficient (Wildman–Crippen LogP) is 6.44. The summed E-state index contributed by atoms with van der Waals surface area (Å²) >= 11 is 0. The fraction of sp³-hybridized carbons (Fsp3) is 0.478. The maximum Gasteiger partial charge on any atom is 0.119 e. The average molecular weight is 322 g/mol. The molecule has 1 aliphatic rings. The third-order valence-corrected chi connectivity index (χ3v) is 5.32. The number of hydrogen-bond donors (Lipinski definition) is 0. The van der Waals surface area contributed by atoms with E-state index >= 15 is 0 Å². The largest absolute Gasteiger partial charge is 0.494 e. The second kappa shape index (κ2) is 8.37. The Balaban J connectivity index is 1.66. The zero-order valence-electron chi connectivity index (χ0n) is 15.2. The highest BCUT2D eigenvalue weighted by atomic mass is 16.5. The molecule has 0 amide bonds. The van der Waals surface area contributed by atoms with Gasteiger partial charge in [-0.3, -0.25) is 0 Å². The summed E-state index contributed by atoms with van der Waals surface area (Å²) in [6.07, 6.45) is 8.77. The lowest BCUT2D eigenvalue weighted by molar-refractivity contribution is 0.306. The van der Waals surface area contributed by atoms with Crippen LogP contribution >= 0.6 is 0 Å². The Labute approximate surface area is 147 Å². The van der Waals surface area contributed by atoms with Crippen molar-refractivity contribution in [2.24, 2.45) is 5.92 Å². The van der Waals surface area contributed by atoms with Crippen molar-refractivity contribution in [3.8, 4) is 16.9 Å². The number of ether oxygens (including phenoxy) is 1. The van der Waals surface area contributed by atoms with Gasteiger partial charge in [0.1, 0.15) is 5.75 Å². The Kier molecular flexibility index (Phi) is 5.96. The molecule has 2 aromatic rings. The van der Waals surface area contributed by atoms with Gasteiger partial charge in [-0.25, -0.2) is 0 Å². The predicted molar refractivity (Wildman–Crippen MR) is 103 cm³/mol. The summed E-state index contributed by atoms with van der Waals surface area (Å²) in [6.45, 7) is 5.36. The summed E-state index contributed by atoms with van der Waals surface area (Å²) in [4.78, 5) is 0. The van der Waals surface area contributed by atoms with Gasteiger partial charge in [-0.15, -0.1) is 0 Å². The van der Waals surface area contributed by atoms with Crippen LogP contribution in [0.3, 0.4) is 0 Å². The molecule has 0 radical (unpaired) electrons. The summed E-state index contributed by atoms with van der Waals surface area (Å²) in [6, 6.07) is 15.6. The van der Waals surface area contributed by atoms with E-state index in [2.05, 4.69) is 56.3 Å². The summed E-state index contributed by atoms with van der Waals surface area (Å²) in [7, 11) is 0. The molecule has 0 heterocycles. The summed E-state index contributed by atoms with van der Waals surface area (Å²) in [5, 5.41) is 0. The molecule has 0 N–H and O–H groups in total. The van der Waals surface area contributed by atoms with E-state index in [1.165, 1.54) is 49.7 Å². The molecule has 128 valence electrons. The molecular formula is C23H30O. The fourth-order valence-corrected chi connectivity index (χ4v) is 3.64. The first-order chi connectivity index (χ1) is 11.8. The fourth-order valence-electron chi connectivity index (χ4n) is 3.64. The molecule has 0 spiro atoms. The van der Waals surface area contributed by atoms with Gasteiger partial charge in [0, 0.05) is 0 Å². The van der Waals surface area contributed by atoms with Crippen molar-refractivity contribution < 1.29 is 4.74 Å². The first-order valence-corrected chi connectivity index (χ1v) is 9.65. The lowest BCUT2D eigenvalue weighted by Crippen LogP contribution is -2.13. The van der Waals surface area contributed by atoms with E-state index in [9.17, 15) is 0 Å². The van der Waals surface area contributed by atoms with Gasteiger partial charge in [0.25, 0.3) is 0 Å². The van der Waals surface area contributed by atoms with Crippen LogP contribution in [0.2, 0.25) is 0 Å². The van der Waals surface area contributed by atoms with Crippen molar-refractivity contribution in [1.82, 2.24) is 0 Å². The van der Waals surface area contributed by atoms with Crippen molar-refractivity contribution >= 4 is 0 Å². The van der Waals surface area contributed by atoms with Crippen molar-refractivity contribution in [1.29, 1.82) is 0 Å². The summed E-state index contributed by atoms with van der Waals surface area (Å²) in [5.41, 5.74) is 5.74. The van der Waals surface area contributed by atoms with Crippen LogP contribution in [0.5, 0.6) is 5.75 Å². The zero-order valence-corrected chi connectivity index (χ0v) is 15.2. The smallest absolute Gasteiger partial charge is 0.119 e. The van der Waals surface area contributed by atoms with Crippen LogP contribution in [0.4, 0.5) is 0 Å². The van der Waals surface area contributed by atoms with E-state index < -0.39 is 0 Å². The number of benzene rings is 2. The van der Waals surface area contributed by atoms with Gasteiger partial charge in [0.15, 0.2) is 0 Å². The number of aryl methyl sites for hydroxylation is 1. The van der Waals surface area contributed by atoms with E-state index in [-0.39, 0.29) is 0 Å².